The highest BCUT2D eigenvalue weighted by atomic mass is 16.5. The molecule has 2 N–H and O–H groups in total. The topological polar surface area (TPSA) is 79.1 Å². The van der Waals surface area contributed by atoms with Gasteiger partial charge in [-0.1, -0.05) is 51.9 Å². The van der Waals surface area contributed by atoms with Crippen LogP contribution in [0.25, 0.3) is 0 Å². The molecule has 0 unspecified atom stereocenters. The third kappa shape index (κ3) is 2.98. The third-order valence-corrected chi connectivity index (χ3v) is 13.5. The van der Waals surface area contributed by atoms with Gasteiger partial charge in [-0.25, -0.2) is 0 Å². The molecule has 5 rings (SSSR count). The van der Waals surface area contributed by atoms with Crippen molar-refractivity contribution in [3.05, 3.63) is 12.2 Å². The minimum absolute atomic E-state index is 0.00747. The zero-order valence-electron chi connectivity index (χ0n) is 23.7. The average molecular weight is 500 g/mol. The Hall–Kier alpha value is -1.36. The van der Waals surface area contributed by atoms with Crippen molar-refractivity contribution in [3.8, 4) is 0 Å². The molecule has 5 aliphatic carbocycles. The summed E-state index contributed by atoms with van der Waals surface area (Å²) in [6, 6.07) is 0. The smallest absolute Gasteiger partial charge is 0.312 e. The molecule has 0 aliphatic heterocycles. The van der Waals surface area contributed by atoms with Crippen LogP contribution in [0.5, 0.6) is 0 Å². The van der Waals surface area contributed by atoms with Crippen LogP contribution in [0, 0.1) is 56.7 Å². The Balaban J connectivity index is 1.58. The van der Waals surface area contributed by atoms with E-state index in [0.717, 1.165) is 51.4 Å². The summed E-state index contributed by atoms with van der Waals surface area (Å²) < 4.78 is 5.48. The van der Waals surface area contributed by atoms with Crippen molar-refractivity contribution in [2.45, 2.75) is 105 Å². The quantitative estimate of drug-likeness (QED) is 0.194. The van der Waals surface area contributed by atoms with Gasteiger partial charge in [0.1, 0.15) is 6.10 Å². The van der Waals surface area contributed by atoms with Crippen molar-refractivity contribution in [1.82, 2.24) is 0 Å². The van der Waals surface area contributed by atoms with Crippen LogP contribution < -0.4 is 0 Å². The Labute approximate surface area is 218 Å². The first-order valence-corrected chi connectivity index (χ1v) is 14.4. The van der Waals surface area contributed by atoms with Crippen LogP contribution in [0.1, 0.15) is 99.3 Å². The van der Waals surface area contributed by atoms with Crippen LogP contribution in [-0.2, 0) is 9.53 Å². The van der Waals surface area contributed by atoms with E-state index in [1.54, 1.807) is 7.11 Å². The normalized spacial score (nSPS) is 52.5. The van der Waals surface area contributed by atoms with Crippen LogP contribution in [0.15, 0.2) is 17.3 Å². The maximum Gasteiger partial charge on any atom is 0.312 e. The molecule has 0 spiro atoms. The van der Waals surface area contributed by atoms with E-state index < -0.39 is 6.10 Å². The number of rotatable bonds is 2. The molecule has 0 aromatic rings. The number of allylic oxidation sites excluding steroid dienone is 1. The molecule has 0 heterocycles. The fourth-order valence-corrected chi connectivity index (χ4v) is 11.7. The lowest BCUT2D eigenvalue weighted by atomic mass is 9.32. The fourth-order valence-electron chi connectivity index (χ4n) is 11.7. The lowest BCUT2D eigenvalue weighted by molar-refractivity contribution is -0.236. The van der Waals surface area contributed by atoms with E-state index in [2.05, 4.69) is 53.3 Å². The molecular weight excluding hydrogens is 450 g/mol. The predicted molar refractivity (Wildman–Crippen MR) is 142 cm³/mol. The number of hydrogen-bond acceptors (Lipinski definition) is 5. The van der Waals surface area contributed by atoms with Crippen LogP contribution in [0.4, 0.5) is 0 Å². The lowest BCUT2D eigenvalue weighted by Crippen LogP contribution is -2.68. The highest BCUT2D eigenvalue weighted by Gasteiger charge is 2.72. The summed E-state index contributed by atoms with van der Waals surface area (Å²) in [4.78, 5) is 13.4. The maximum absolute atomic E-state index is 13.4. The van der Waals surface area contributed by atoms with Gasteiger partial charge in [-0.15, -0.1) is 0 Å². The second-order valence-electron chi connectivity index (χ2n) is 14.8. The number of aliphatic hydroxyl groups is 1. The van der Waals surface area contributed by atoms with Crippen molar-refractivity contribution < 1.29 is 19.8 Å². The van der Waals surface area contributed by atoms with E-state index in [4.69, 9.17) is 4.74 Å². The van der Waals surface area contributed by atoms with Gasteiger partial charge < -0.3 is 15.1 Å². The van der Waals surface area contributed by atoms with Crippen LogP contribution in [0.2, 0.25) is 0 Å². The van der Waals surface area contributed by atoms with Crippen LogP contribution >= 0.6 is 0 Å². The van der Waals surface area contributed by atoms with E-state index in [1.165, 1.54) is 5.57 Å². The molecule has 10 atom stereocenters. The number of carbonyl (C=O) groups excluding carboxylic acids is 1. The predicted octanol–water partition coefficient (Wildman–Crippen LogP) is 6.62. The molecule has 5 heteroatoms. The summed E-state index contributed by atoms with van der Waals surface area (Å²) in [6.45, 7) is 18.4. The highest BCUT2D eigenvalue weighted by molar-refractivity contribution is 5.90. The molecule has 0 aromatic carbocycles. The summed E-state index contributed by atoms with van der Waals surface area (Å²) in [7, 11) is 1.57. The monoisotopic (exact) mass is 499 g/mol. The summed E-state index contributed by atoms with van der Waals surface area (Å²) in [5.74, 6) is 2.05. The molecule has 5 nitrogen and oxygen atoms in total. The molecule has 5 saturated carbocycles. The Morgan fingerprint density at radius 1 is 0.972 bits per heavy atom. The van der Waals surface area contributed by atoms with E-state index >= 15 is 0 Å². The zero-order valence-corrected chi connectivity index (χ0v) is 23.7. The number of nitrogens with zero attached hydrogens (tertiary/aromatic N) is 1. The second-order valence-corrected chi connectivity index (χ2v) is 14.8. The lowest BCUT2D eigenvalue weighted by Gasteiger charge is -2.72. The molecule has 5 aliphatic rings. The van der Waals surface area contributed by atoms with Crippen LogP contribution in [-0.4, -0.2) is 35.2 Å². The maximum atomic E-state index is 13.4. The van der Waals surface area contributed by atoms with Gasteiger partial charge in [-0.05, 0) is 116 Å². The number of ether oxygens (including phenoxy) is 1. The van der Waals surface area contributed by atoms with Gasteiger partial charge in [0.15, 0.2) is 0 Å². The number of esters is 1. The van der Waals surface area contributed by atoms with E-state index in [0.29, 0.717) is 41.7 Å². The van der Waals surface area contributed by atoms with E-state index in [1.807, 2.05) is 0 Å². The van der Waals surface area contributed by atoms with Gasteiger partial charge >= 0.3 is 5.97 Å². The Morgan fingerprint density at radius 2 is 1.67 bits per heavy atom. The summed E-state index contributed by atoms with van der Waals surface area (Å²) in [5.41, 5.74) is 1.33. The molecule has 0 saturated heterocycles. The van der Waals surface area contributed by atoms with Crippen molar-refractivity contribution in [1.29, 1.82) is 0 Å². The molecule has 5 fully saturated rings. The number of methoxy groups -OCH3 is 1. The molecule has 36 heavy (non-hydrogen) atoms. The number of fused-ring (bicyclic) bond motifs is 7. The average Bonchev–Trinajstić information content (AvgIpc) is 3.22. The third-order valence-electron chi connectivity index (χ3n) is 13.5. The first-order chi connectivity index (χ1) is 16.7. The van der Waals surface area contributed by atoms with Crippen molar-refractivity contribution in [3.63, 3.8) is 0 Å². The molecule has 0 radical (unpaired) electrons. The Morgan fingerprint density at radius 3 is 2.28 bits per heavy atom. The first-order valence-electron chi connectivity index (χ1n) is 14.4. The minimum Gasteiger partial charge on any atom is -0.469 e. The van der Waals surface area contributed by atoms with Gasteiger partial charge in [-0.2, -0.15) is 0 Å². The Kier molecular flexibility index (Phi) is 5.89. The van der Waals surface area contributed by atoms with E-state index in [-0.39, 0.29) is 33.0 Å². The first kappa shape index (κ1) is 26.3. The largest absolute Gasteiger partial charge is 0.469 e. The van der Waals surface area contributed by atoms with Gasteiger partial charge in [-0.3, -0.25) is 4.79 Å². The zero-order chi connectivity index (χ0) is 26.5. The number of hydrogen-bond donors (Lipinski definition) is 2. The van der Waals surface area contributed by atoms with Crippen molar-refractivity contribution in [2.24, 2.45) is 61.8 Å². The number of oxime groups is 1. The Bertz CT molecular complexity index is 987. The van der Waals surface area contributed by atoms with E-state index in [9.17, 15) is 15.1 Å². The van der Waals surface area contributed by atoms with Crippen molar-refractivity contribution in [2.75, 3.05) is 7.11 Å². The second kappa shape index (κ2) is 8.07. The number of carbonyl (C=O) groups is 1. The fraction of sp³-hybridized carbons (Fsp3) is 0.871. The summed E-state index contributed by atoms with van der Waals surface area (Å²) >= 11 is 0. The van der Waals surface area contributed by atoms with Gasteiger partial charge in [0.05, 0.1) is 18.2 Å². The van der Waals surface area contributed by atoms with Crippen LogP contribution in [0.3, 0.4) is 0 Å². The highest BCUT2D eigenvalue weighted by Crippen LogP contribution is 2.77. The standard InChI is InChI=1S/C31H49NO4/c1-18(2)19-11-14-31(26(34)36-8)16-15-29(6)20(24(19)31)9-10-23-28(5)17-21(32-35)25(33)27(3,4)22(28)12-13-30(23,29)7/h19-20,22-25,33,35H,1,9-17H2,2-8H3/b32-21+/t19-,20+,22-,23+,24+,25-,28-,29+,30+,31-/m0/s1. The minimum atomic E-state index is -0.693. The number of aliphatic hydroxyl groups excluding tert-OH is 1. The van der Waals surface area contributed by atoms with Gasteiger partial charge in [0.25, 0.3) is 0 Å². The van der Waals surface area contributed by atoms with Gasteiger partial charge in [0, 0.05) is 0 Å². The summed E-state index contributed by atoms with van der Waals surface area (Å²) in [6.07, 6.45) is 8.43. The van der Waals surface area contributed by atoms with Gasteiger partial charge in [0.2, 0.25) is 0 Å². The molecule has 0 bridgehead atoms. The van der Waals surface area contributed by atoms with Crippen molar-refractivity contribution >= 4 is 11.7 Å². The molecule has 202 valence electrons. The SMILES string of the molecule is C=C(C)[C@@H]1CC[C@]2(C(=O)OC)CC[C@]3(C)[C@H](CC[C@@H]4[C@@]5(C)C/C(=N\O)[C@H](O)C(C)(C)[C@@H]5CC[C@]43C)[C@@H]12. The molecule has 0 amide bonds. The molecule has 0 aromatic heterocycles. The molecular formula is C31H49NO4. The summed E-state index contributed by atoms with van der Waals surface area (Å²) in [5, 5.41) is 24.6.